The van der Waals surface area contributed by atoms with E-state index in [-0.39, 0.29) is 10.3 Å². The van der Waals surface area contributed by atoms with Gasteiger partial charge in [-0.1, -0.05) is 24.3 Å². The second-order valence-electron chi connectivity index (χ2n) is 7.16. The first-order valence-electron chi connectivity index (χ1n) is 10.1. The first-order valence-corrected chi connectivity index (χ1v) is 10.9. The maximum atomic E-state index is 11.7. The quantitative estimate of drug-likeness (QED) is 0.365. The number of hydrogen-bond donors (Lipinski definition) is 2. The Labute approximate surface area is 171 Å². The monoisotopic (exact) mass is 398 g/mol. The van der Waals surface area contributed by atoms with E-state index in [1.165, 1.54) is 17.7 Å². The Hall–Kier alpha value is -2.21. The van der Waals surface area contributed by atoms with Gasteiger partial charge in [-0.3, -0.25) is 9.79 Å². The molecular weight excluding hydrogens is 368 g/mol. The van der Waals surface area contributed by atoms with Gasteiger partial charge in [0.25, 0.3) is 0 Å². The van der Waals surface area contributed by atoms with Crippen molar-refractivity contribution in [1.29, 1.82) is 0 Å². The molecule has 1 heterocycles. The summed E-state index contributed by atoms with van der Waals surface area (Å²) < 4.78 is 2.02. The molecule has 6 heteroatoms. The molecule has 1 saturated carbocycles. The van der Waals surface area contributed by atoms with Gasteiger partial charge in [0.2, 0.25) is 5.56 Å². The van der Waals surface area contributed by atoms with Crippen molar-refractivity contribution in [3.63, 3.8) is 0 Å². The summed E-state index contributed by atoms with van der Waals surface area (Å²) in [6.45, 7) is 5.38. The van der Waals surface area contributed by atoms with Crippen molar-refractivity contribution < 1.29 is 0 Å². The van der Waals surface area contributed by atoms with Crippen LogP contribution in [0.1, 0.15) is 32.6 Å². The molecule has 0 spiro atoms. The van der Waals surface area contributed by atoms with E-state index in [2.05, 4.69) is 47.9 Å². The van der Waals surface area contributed by atoms with Crippen LogP contribution >= 0.6 is 11.8 Å². The number of aromatic nitrogens is 1. The van der Waals surface area contributed by atoms with Crippen LogP contribution < -0.4 is 16.2 Å². The molecule has 1 aliphatic rings. The lowest BCUT2D eigenvalue weighted by Crippen LogP contribution is -2.38. The molecule has 0 radical (unpaired) electrons. The van der Waals surface area contributed by atoms with Gasteiger partial charge in [0.15, 0.2) is 5.96 Å². The lowest BCUT2D eigenvalue weighted by molar-refractivity contribution is 0.585. The van der Waals surface area contributed by atoms with Gasteiger partial charge in [0.1, 0.15) is 0 Å². The zero-order valence-electron chi connectivity index (χ0n) is 16.6. The van der Waals surface area contributed by atoms with Crippen LogP contribution in [0.2, 0.25) is 0 Å². The highest BCUT2D eigenvalue weighted by Crippen LogP contribution is 2.51. The summed E-state index contributed by atoms with van der Waals surface area (Å²) in [5, 5.41) is 6.77. The Morgan fingerprint density at radius 3 is 2.61 bits per heavy atom. The highest BCUT2D eigenvalue weighted by molar-refractivity contribution is 8.01. The number of nitrogens with one attached hydrogen (secondary N) is 2. The number of aryl methyl sites for hydroxylation is 1. The van der Waals surface area contributed by atoms with Crippen molar-refractivity contribution in [1.82, 2.24) is 15.2 Å². The fourth-order valence-corrected chi connectivity index (χ4v) is 4.22. The molecule has 1 fully saturated rings. The highest BCUT2D eigenvalue weighted by atomic mass is 32.2. The van der Waals surface area contributed by atoms with Crippen molar-refractivity contribution in [2.24, 2.45) is 4.99 Å². The molecule has 0 atom stereocenters. The number of nitrogens with zero attached hydrogens (tertiary/aromatic N) is 2. The number of benzene rings is 1. The fraction of sp³-hybridized carbons (Fsp3) is 0.455. The fourth-order valence-electron chi connectivity index (χ4n) is 2.99. The van der Waals surface area contributed by atoms with E-state index in [1.807, 2.05) is 24.0 Å². The second kappa shape index (κ2) is 10.4. The van der Waals surface area contributed by atoms with E-state index < -0.39 is 0 Å². The average Bonchev–Trinajstić information content (AvgIpc) is 3.47. The predicted molar refractivity (Wildman–Crippen MR) is 118 cm³/mol. The van der Waals surface area contributed by atoms with Gasteiger partial charge >= 0.3 is 0 Å². The van der Waals surface area contributed by atoms with E-state index >= 15 is 0 Å². The average molecular weight is 399 g/mol. The van der Waals surface area contributed by atoms with Crippen LogP contribution in [0, 0.1) is 0 Å². The summed E-state index contributed by atoms with van der Waals surface area (Å²) in [7, 11) is 0. The van der Waals surface area contributed by atoms with Gasteiger partial charge in [-0.15, -0.1) is 11.8 Å². The summed E-state index contributed by atoms with van der Waals surface area (Å²) in [6.07, 6.45) is 6.25. The molecule has 1 aromatic carbocycles. The summed E-state index contributed by atoms with van der Waals surface area (Å²) in [6, 6.07) is 15.9. The number of pyridine rings is 1. The molecular formula is C22H30N4OS. The van der Waals surface area contributed by atoms with Crippen molar-refractivity contribution in [3.05, 3.63) is 65.1 Å². The second-order valence-corrected chi connectivity index (χ2v) is 8.70. The van der Waals surface area contributed by atoms with Crippen LogP contribution in [-0.4, -0.2) is 34.9 Å². The number of thioether (sulfide) groups is 1. The van der Waals surface area contributed by atoms with E-state index in [0.29, 0.717) is 0 Å². The van der Waals surface area contributed by atoms with E-state index in [0.717, 1.165) is 45.0 Å². The van der Waals surface area contributed by atoms with Gasteiger partial charge < -0.3 is 15.2 Å². The summed E-state index contributed by atoms with van der Waals surface area (Å²) in [5.41, 5.74) is 0.0657. The summed E-state index contributed by atoms with van der Waals surface area (Å²) in [4.78, 5) is 17.9. The molecule has 150 valence electrons. The zero-order chi connectivity index (χ0) is 19.7. The van der Waals surface area contributed by atoms with E-state index in [1.54, 1.807) is 16.7 Å². The largest absolute Gasteiger partial charge is 0.357 e. The lowest BCUT2D eigenvalue weighted by atomic mass is 10.3. The van der Waals surface area contributed by atoms with Crippen LogP contribution in [0.5, 0.6) is 0 Å². The number of guanidine groups is 1. The maximum absolute atomic E-state index is 11.7. The molecule has 5 nitrogen and oxygen atoms in total. The van der Waals surface area contributed by atoms with Crippen molar-refractivity contribution in [3.8, 4) is 0 Å². The van der Waals surface area contributed by atoms with Crippen LogP contribution in [0.3, 0.4) is 0 Å². The third-order valence-corrected chi connectivity index (χ3v) is 6.25. The third-order valence-electron chi connectivity index (χ3n) is 4.77. The molecule has 1 aromatic heterocycles. The molecule has 0 saturated heterocycles. The van der Waals surface area contributed by atoms with Crippen LogP contribution in [0.15, 0.2) is 69.4 Å². The van der Waals surface area contributed by atoms with Gasteiger partial charge in [-0.25, -0.2) is 0 Å². The standard InChI is InChI=1S/C22H30N4OS/c1-2-23-21(24-15-7-9-17-26-16-8-6-12-20(26)27)25-18-22(13-14-22)28-19-10-4-3-5-11-19/h3-6,8,10-12,16H,2,7,9,13-15,17-18H2,1H3,(H2,23,24,25). The first kappa shape index (κ1) is 20.5. The Morgan fingerprint density at radius 1 is 1.11 bits per heavy atom. The highest BCUT2D eigenvalue weighted by Gasteiger charge is 2.43. The lowest BCUT2D eigenvalue weighted by Gasteiger charge is -2.15. The molecule has 3 rings (SSSR count). The molecule has 0 amide bonds. The maximum Gasteiger partial charge on any atom is 0.250 e. The molecule has 28 heavy (non-hydrogen) atoms. The van der Waals surface area contributed by atoms with Gasteiger partial charge in [-0.05, 0) is 50.8 Å². The van der Waals surface area contributed by atoms with Gasteiger partial charge in [-0.2, -0.15) is 0 Å². The topological polar surface area (TPSA) is 58.4 Å². The first-order chi connectivity index (χ1) is 13.7. The SMILES string of the molecule is CCNC(=NCC1(Sc2ccccc2)CC1)NCCCCn1ccccc1=O. The minimum absolute atomic E-state index is 0.0657. The van der Waals surface area contributed by atoms with Gasteiger partial charge in [0, 0.05) is 41.5 Å². The molecule has 0 unspecified atom stereocenters. The van der Waals surface area contributed by atoms with Crippen LogP contribution in [0.4, 0.5) is 0 Å². The minimum atomic E-state index is 0.0657. The predicted octanol–water partition coefficient (Wildman–Crippen LogP) is 3.51. The molecule has 2 N–H and O–H groups in total. The minimum Gasteiger partial charge on any atom is -0.357 e. The molecule has 0 aliphatic heterocycles. The molecule has 2 aromatic rings. The van der Waals surface area contributed by atoms with Crippen molar-refractivity contribution in [2.75, 3.05) is 19.6 Å². The Bertz CT molecular complexity index is 815. The Balaban J connectivity index is 1.43. The van der Waals surface area contributed by atoms with Crippen molar-refractivity contribution >= 4 is 17.7 Å². The van der Waals surface area contributed by atoms with Gasteiger partial charge in [0.05, 0.1) is 6.54 Å². The number of unbranched alkanes of at least 4 members (excludes halogenated alkanes) is 1. The molecule has 1 aliphatic carbocycles. The van der Waals surface area contributed by atoms with Crippen LogP contribution in [-0.2, 0) is 6.54 Å². The number of aliphatic imine (C=N–C) groups is 1. The molecule has 0 bridgehead atoms. The zero-order valence-corrected chi connectivity index (χ0v) is 17.4. The summed E-state index contributed by atoms with van der Waals surface area (Å²) >= 11 is 1.95. The van der Waals surface area contributed by atoms with Crippen molar-refractivity contribution in [2.45, 2.75) is 48.8 Å². The summed E-state index contributed by atoms with van der Waals surface area (Å²) in [5.74, 6) is 0.888. The number of rotatable bonds is 10. The van der Waals surface area contributed by atoms with E-state index in [9.17, 15) is 4.79 Å². The Morgan fingerprint density at radius 2 is 1.89 bits per heavy atom. The number of hydrogen-bond acceptors (Lipinski definition) is 3. The van der Waals surface area contributed by atoms with Crippen LogP contribution in [0.25, 0.3) is 0 Å². The third kappa shape index (κ3) is 6.44. The Kier molecular flexibility index (Phi) is 7.60. The van der Waals surface area contributed by atoms with E-state index in [4.69, 9.17) is 4.99 Å². The normalized spacial score (nSPS) is 15.2. The smallest absolute Gasteiger partial charge is 0.250 e.